The van der Waals surface area contributed by atoms with Gasteiger partial charge in [0, 0.05) is 31.9 Å². The van der Waals surface area contributed by atoms with E-state index in [1.807, 2.05) is 11.8 Å². The largest absolute Gasteiger partial charge is 0.379 e. The van der Waals surface area contributed by atoms with Crippen molar-refractivity contribution < 1.29 is 9.47 Å². The molecule has 0 aromatic heterocycles. The third-order valence-corrected chi connectivity index (χ3v) is 6.10. The minimum Gasteiger partial charge on any atom is -0.379 e. The molecule has 0 saturated carbocycles. The number of nitrogens with zero attached hydrogens (tertiary/aromatic N) is 3. The summed E-state index contributed by atoms with van der Waals surface area (Å²) in [5.41, 5.74) is 6.43. The van der Waals surface area contributed by atoms with E-state index in [1.54, 1.807) is 0 Å². The van der Waals surface area contributed by atoms with Gasteiger partial charge in [0.05, 0.1) is 38.0 Å². The van der Waals surface area contributed by atoms with Gasteiger partial charge in [0.15, 0.2) is 5.96 Å². The van der Waals surface area contributed by atoms with Crippen LogP contribution in [-0.2, 0) is 9.47 Å². The van der Waals surface area contributed by atoms with Crippen molar-refractivity contribution in [2.24, 2.45) is 10.7 Å². The minimum absolute atomic E-state index is 0. The number of ether oxygens (including phenoxy) is 2. The van der Waals surface area contributed by atoms with E-state index < -0.39 is 0 Å². The van der Waals surface area contributed by atoms with Crippen LogP contribution in [0.25, 0.3) is 0 Å². The number of guanidine groups is 1. The first-order chi connectivity index (χ1) is 10.7. The number of halogens is 1. The quantitative estimate of drug-likeness (QED) is 0.386. The number of thioether (sulfide) groups is 1. The first kappa shape index (κ1) is 19.6. The standard InChI is InChI=1S/C15H28N4O2S.HI/c1-13-10-18(3-8-21-13)14(16)17-11-15(2-9-22-12-15)19-4-6-20-7-5-19;/h13H,2-12H2,1H3,(H2,16,17);1H. The van der Waals surface area contributed by atoms with Gasteiger partial charge in [-0.05, 0) is 19.1 Å². The molecule has 6 nitrogen and oxygen atoms in total. The molecule has 0 bridgehead atoms. The molecule has 0 spiro atoms. The van der Waals surface area contributed by atoms with Crippen LogP contribution >= 0.6 is 35.7 Å². The maximum Gasteiger partial charge on any atom is 0.191 e. The summed E-state index contributed by atoms with van der Waals surface area (Å²) in [4.78, 5) is 9.52. The zero-order chi connectivity index (χ0) is 15.4. The van der Waals surface area contributed by atoms with E-state index in [1.165, 1.54) is 12.2 Å². The molecule has 0 aliphatic carbocycles. The first-order valence-electron chi connectivity index (χ1n) is 8.27. The van der Waals surface area contributed by atoms with Crippen LogP contribution in [0.3, 0.4) is 0 Å². The summed E-state index contributed by atoms with van der Waals surface area (Å²) in [6.07, 6.45) is 1.44. The Hall–Kier alpha value is 0.230. The molecule has 3 aliphatic rings. The molecular weight excluding hydrogens is 427 g/mol. The lowest BCUT2D eigenvalue weighted by Gasteiger charge is -2.42. The molecule has 3 heterocycles. The van der Waals surface area contributed by atoms with Gasteiger partial charge < -0.3 is 20.1 Å². The van der Waals surface area contributed by atoms with E-state index in [4.69, 9.17) is 20.2 Å². The summed E-state index contributed by atoms with van der Waals surface area (Å²) < 4.78 is 11.1. The van der Waals surface area contributed by atoms with Crippen LogP contribution < -0.4 is 5.73 Å². The van der Waals surface area contributed by atoms with Crippen molar-refractivity contribution in [1.29, 1.82) is 0 Å². The predicted octanol–water partition coefficient (Wildman–Crippen LogP) is 0.848. The third-order valence-electron chi connectivity index (χ3n) is 4.86. The van der Waals surface area contributed by atoms with E-state index in [-0.39, 0.29) is 35.6 Å². The summed E-state index contributed by atoms with van der Waals surface area (Å²) in [5, 5.41) is 0. The maximum atomic E-state index is 6.25. The summed E-state index contributed by atoms with van der Waals surface area (Å²) in [6, 6.07) is 0. The van der Waals surface area contributed by atoms with Gasteiger partial charge in [0.1, 0.15) is 0 Å². The Labute approximate surface area is 160 Å². The second kappa shape index (κ2) is 9.07. The van der Waals surface area contributed by atoms with Crippen molar-refractivity contribution in [2.45, 2.75) is 25.0 Å². The maximum absolute atomic E-state index is 6.25. The van der Waals surface area contributed by atoms with Crippen molar-refractivity contribution in [2.75, 3.05) is 64.1 Å². The van der Waals surface area contributed by atoms with Crippen LogP contribution in [0.15, 0.2) is 4.99 Å². The first-order valence-corrected chi connectivity index (χ1v) is 9.42. The Morgan fingerprint density at radius 3 is 2.74 bits per heavy atom. The topological polar surface area (TPSA) is 63.3 Å². The lowest BCUT2D eigenvalue weighted by molar-refractivity contribution is -0.0109. The molecular formula is C15H29IN4O2S. The predicted molar refractivity (Wildman–Crippen MR) is 106 cm³/mol. The van der Waals surface area contributed by atoms with E-state index >= 15 is 0 Å². The van der Waals surface area contributed by atoms with Gasteiger partial charge in [-0.3, -0.25) is 9.89 Å². The molecule has 0 amide bonds. The average Bonchev–Trinajstić information content (AvgIpc) is 3.04. The van der Waals surface area contributed by atoms with Crippen molar-refractivity contribution in [3.05, 3.63) is 0 Å². The number of hydrogen-bond donors (Lipinski definition) is 1. The molecule has 3 aliphatic heterocycles. The molecule has 2 N–H and O–H groups in total. The average molecular weight is 456 g/mol. The highest BCUT2D eigenvalue weighted by atomic mass is 127. The van der Waals surface area contributed by atoms with E-state index in [2.05, 4.69) is 16.7 Å². The molecule has 23 heavy (non-hydrogen) atoms. The molecule has 2 unspecified atom stereocenters. The van der Waals surface area contributed by atoms with Crippen molar-refractivity contribution in [3.63, 3.8) is 0 Å². The van der Waals surface area contributed by atoms with Crippen LogP contribution in [0.2, 0.25) is 0 Å². The van der Waals surface area contributed by atoms with Crippen molar-refractivity contribution >= 4 is 41.7 Å². The van der Waals surface area contributed by atoms with E-state index in [9.17, 15) is 0 Å². The fourth-order valence-electron chi connectivity index (χ4n) is 3.46. The van der Waals surface area contributed by atoms with Crippen molar-refractivity contribution in [3.8, 4) is 0 Å². The molecule has 3 rings (SSSR count). The summed E-state index contributed by atoms with van der Waals surface area (Å²) in [6.45, 7) is 9.03. The number of nitrogens with two attached hydrogens (primary N) is 1. The van der Waals surface area contributed by atoms with Crippen LogP contribution in [0.5, 0.6) is 0 Å². The number of morpholine rings is 2. The molecule has 3 saturated heterocycles. The fourth-order valence-corrected chi connectivity index (χ4v) is 4.93. The summed E-state index contributed by atoms with van der Waals surface area (Å²) >= 11 is 2.04. The van der Waals surface area contributed by atoms with Gasteiger partial charge in [-0.1, -0.05) is 0 Å². The molecule has 0 radical (unpaired) electrons. The third kappa shape index (κ3) is 4.87. The molecule has 8 heteroatoms. The van der Waals surface area contributed by atoms with Gasteiger partial charge in [-0.2, -0.15) is 11.8 Å². The van der Waals surface area contributed by atoms with Crippen molar-refractivity contribution in [1.82, 2.24) is 9.80 Å². The Bertz CT molecular complexity index is 401. The molecule has 0 aromatic carbocycles. The number of rotatable bonds is 3. The minimum atomic E-state index is 0. The number of hydrogen-bond acceptors (Lipinski definition) is 5. The molecule has 3 fully saturated rings. The zero-order valence-electron chi connectivity index (χ0n) is 13.9. The van der Waals surface area contributed by atoms with Gasteiger partial charge in [0.25, 0.3) is 0 Å². The Kier molecular flexibility index (Phi) is 7.71. The highest BCUT2D eigenvalue weighted by Gasteiger charge is 2.40. The normalized spacial score (nSPS) is 33.5. The number of aliphatic imine (C=N–C) groups is 1. The van der Waals surface area contributed by atoms with E-state index in [0.717, 1.165) is 58.3 Å². The SMILES string of the molecule is CC1CN(C(N)=NCC2(N3CCOCC3)CCSC2)CCO1.I. The highest BCUT2D eigenvalue weighted by Crippen LogP contribution is 2.34. The smallest absolute Gasteiger partial charge is 0.191 e. The fraction of sp³-hybridized carbons (Fsp3) is 0.933. The van der Waals surface area contributed by atoms with Crippen LogP contribution in [0.4, 0.5) is 0 Å². The van der Waals surface area contributed by atoms with Crippen LogP contribution in [0, 0.1) is 0 Å². The van der Waals surface area contributed by atoms with Gasteiger partial charge in [0.2, 0.25) is 0 Å². The Morgan fingerprint density at radius 2 is 2.09 bits per heavy atom. The van der Waals surface area contributed by atoms with Crippen LogP contribution in [-0.4, -0.2) is 91.5 Å². The monoisotopic (exact) mass is 456 g/mol. The summed E-state index contributed by atoms with van der Waals surface area (Å²) in [7, 11) is 0. The van der Waals surface area contributed by atoms with Crippen LogP contribution in [0.1, 0.15) is 13.3 Å². The highest BCUT2D eigenvalue weighted by molar-refractivity contribution is 14.0. The molecule has 0 aromatic rings. The second-order valence-corrected chi connectivity index (χ2v) is 7.53. The lowest BCUT2D eigenvalue weighted by Crippen LogP contribution is -2.56. The van der Waals surface area contributed by atoms with Gasteiger partial charge in [-0.15, -0.1) is 24.0 Å². The lowest BCUT2D eigenvalue weighted by atomic mass is 9.96. The van der Waals surface area contributed by atoms with Gasteiger partial charge in [-0.25, -0.2) is 0 Å². The van der Waals surface area contributed by atoms with E-state index in [0.29, 0.717) is 5.96 Å². The Morgan fingerprint density at radius 1 is 1.30 bits per heavy atom. The molecule has 2 atom stereocenters. The molecule has 134 valence electrons. The Balaban J connectivity index is 0.00000192. The zero-order valence-corrected chi connectivity index (χ0v) is 17.1. The summed E-state index contributed by atoms with van der Waals surface area (Å²) in [5.74, 6) is 3.06. The second-order valence-electron chi connectivity index (χ2n) is 6.43. The van der Waals surface area contributed by atoms with Gasteiger partial charge >= 0.3 is 0 Å².